The summed E-state index contributed by atoms with van der Waals surface area (Å²) in [4.78, 5) is 9.30. The Labute approximate surface area is 116 Å². The number of anilines is 1. The summed E-state index contributed by atoms with van der Waals surface area (Å²) in [5.41, 5.74) is 1.12. The monoisotopic (exact) mass is 263 g/mol. The van der Waals surface area contributed by atoms with Crippen LogP contribution in [-0.2, 0) is 11.2 Å². The molecule has 0 saturated carbocycles. The number of nitrogens with zero attached hydrogens (tertiary/aromatic N) is 2. The molecule has 1 aliphatic heterocycles. The molecule has 1 aliphatic rings. The van der Waals surface area contributed by atoms with E-state index in [0.717, 1.165) is 56.2 Å². The molecule has 106 valence electrons. The third-order valence-corrected chi connectivity index (χ3v) is 3.19. The van der Waals surface area contributed by atoms with Crippen LogP contribution in [0.3, 0.4) is 0 Å². The molecular formula is C15H25N3O. The fraction of sp³-hybridized carbons (Fsp3) is 0.733. The van der Waals surface area contributed by atoms with Crippen LogP contribution in [0.25, 0.3) is 0 Å². The second-order valence-corrected chi connectivity index (χ2v) is 5.63. The summed E-state index contributed by atoms with van der Waals surface area (Å²) < 4.78 is 5.71. The minimum absolute atomic E-state index is 0.0919. The average molecular weight is 263 g/mol. The molecule has 1 aromatic rings. The van der Waals surface area contributed by atoms with Crippen LogP contribution in [0, 0.1) is 5.92 Å². The highest BCUT2D eigenvalue weighted by atomic mass is 16.5. The molecule has 19 heavy (non-hydrogen) atoms. The summed E-state index contributed by atoms with van der Waals surface area (Å²) in [6.45, 7) is 8.37. The molecular weight excluding hydrogens is 238 g/mol. The van der Waals surface area contributed by atoms with Crippen molar-refractivity contribution in [2.45, 2.75) is 52.6 Å². The van der Waals surface area contributed by atoms with Gasteiger partial charge < -0.3 is 10.1 Å². The van der Waals surface area contributed by atoms with E-state index in [1.54, 1.807) is 0 Å². The normalized spacial score (nSPS) is 19.1. The summed E-state index contributed by atoms with van der Waals surface area (Å²) in [5.74, 6) is 2.40. The topological polar surface area (TPSA) is 47.0 Å². The van der Waals surface area contributed by atoms with Gasteiger partial charge in [0.05, 0.1) is 0 Å². The molecule has 1 fully saturated rings. The minimum atomic E-state index is 0.0919. The molecule has 1 atom stereocenters. The maximum Gasteiger partial charge on any atom is 0.159 e. The first-order valence-electron chi connectivity index (χ1n) is 7.42. The first-order chi connectivity index (χ1) is 9.19. The molecule has 0 aromatic carbocycles. The van der Waals surface area contributed by atoms with Crippen molar-refractivity contribution in [3.05, 3.63) is 17.6 Å². The van der Waals surface area contributed by atoms with E-state index in [9.17, 15) is 0 Å². The molecule has 0 spiro atoms. The Morgan fingerprint density at radius 2 is 2.26 bits per heavy atom. The van der Waals surface area contributed by atoms with Crippen LogP contribution >= 0.6 is 0 Å². The van der Waals surface area contributed by atoms with Gasteiger partial charge >= 0.3 is 0 Å². The second-order valence-electron chi connectivity index (χ2n) is 5.63. The Bertz CT molecular complexity index is 400. The van der Waals surface area contributed by atoms with E-state index in [4.69, 9.17) is 4.74 Å². The van der Waals surface area contributed by atoms with Crippen molar-refractivity contribution in [1.82, 2.24) is 9.97 Å². The first kappa shape index (κ1) is 14.3. The van der Waals surface area contributed by atoms with Gasteiger partial charge in [0.1, 0.15) is 11.9 Å². The maximum absolute atomic E-state index is 5.71. The van der Waals surface area contributed by atoms with Gasteiger partial charge in [-0.3, -0.25) is 0 Å². The molecule has 1 N–H and O–H groups in total. The zero-order chi connectivity index (χ0) is 13.7. The van der Waals surface area contributed by atoms with Gasteiger partial charge in [-0.25, -0.2) is 9.97 Å². The molecule has 0 aliphatic carbocycles. The van der Waals surface area contributed by atoms with E-state index in [1.165, 1.54) is 0 Å². The highest BCUT2D eigenvalue weighted by Crippen LogP contribution is 2.27. The van der Waals surface area contributed by atoms with Gasteiger partial charge in [0.25, 0.3) is 0 Å². The Morgan fingerprint density at radius 3 is 2.89 bits per heavy atom. The largest absolute Gasteiger partial charge is 0.370 e. The van der Waals surface area contributed by atoms with Crippen LogP contribution in [-0.4, -0.2) is 23.1 Å². The van der Waals surface area contributed by atoms with Crippen LogP contribution in [0.15, 0.2) is 6.07 Å². The quantitative estimate of drug-likeness (QED) is 0.855. The third kappa shape index (κ3) is 4.16. The Balaban J connectivity index is 2.19. The van der Waals surface area contributed by atoms with Crippen molar-refractivity contribution in [1.29, 1.82) is 0 Å². The van der Waals surface area contributed by atoms with Crippen LogP contribution < -0.4 is 5.32 Å². The smallest absolute Gasteiger partial charge is 0.159 e. The summed E-state index contributed by atoms with van der Waals surface area (Å²) in [5, 5.41) is 3.37. The molecule has 4 nitrogen and oxygen atoms in total. The number of rotatable bonds is 6. The van der Waals surface area contributed by atoms with Crippen LogP contribution in [0.2, 0.25) is 0 Å². The summed E-state index contributed by atoms with van der Waals surface area (Å²) in [7, 11) is 0. The van der Waals surface area contributed by atoms with Gasteiger partial charge in [-0.15, -0.1) is 0 Å². The maximum atomic E-state index is 5.71. The van der Waals surface area contributed by atoms with E-state index < -0.39 is 0 Å². The molecule has 0 bridgehead atoms. The van der Waals surface area contributed by atoms with Gasteiger partial charge in [0.15, 0.2) is 5.82 Å². The van der Waals surface area contributed by atoms with Crippen LogP contribution in [0.4, 0.5) is 5.82 Å². The van der Waals surface area contributed by atoms with E-state index in [2.05, 4.69) is 42.1 Å². The van der Waals surface area contributed by atoms with Crippen molar-refractivity contribution < 1.29 is 4.74 Å². The summed E-state index contributed by atoms with van der Waals surface area (Å²) in [6.07, 6.45) is 4.33. The number of nitrogens with one attached hydrogen (secondary N) is 1. The number of aromatic nitrogens is 2. The van der Waals surface area contributed by atoms with Crippen LogP contribution in [0.1, 0.15) is 57.7 Å². The van der Waals surface area contributed by atoms with Gasteiger partial charge in [-0.05, 0) is 31.6 Å². The lowest BCUT2D eigenvalue weighted by Gasteiger charge is -2.14. The van der Waals surface area contributed by atoms with E-state index in [-0.39, 0.29) is 6.10 Å². The van der Waals surface area contributed by atoms with Gasteiger partial charge in [0.2, 0.25) is 0 Å². The molecule has 4 heteroatoms. The van der Waals surface area contributed by atoms with Crippen molar-refractivity contribution in [2.24, 2.45) is 5.92 Å². The number of ether oxygens (including phenoxy) is 1. The number of hydrogen-bond donors (Lipinski definition) is 1. The van der Waals surface area contributed by atoms with Gasteiger partial charge in [-0.1, -0.05) is 20.8 Å². The van der Waals surface area contributed by atoms with Gasteiger partial charge in [-0.2, -0.15) is 0 Å². The van der Waals surface area contributed by atoms with E-state index >= 15 is 0 Å². The van der Waals surface area contributed by atoms with Crippen molar-refractivity contribution in [3.8, 4) is 0 Å². The lowest BCUT2D eigenvalue weighted by atomic mass is 10.1. The Kier molecular flexibility index (Phi) is 5.14. The molecule has 1 saturated heterocycles. The Morgan fingerprint density at radius 1 is 1.42 bits per heavy atom. The lowest BCUT2D eigenvalue weighted by Crippen LogP contribution is -2.11. The average Bonchev–Trinajstić information content (AvgIpc) is 2.89. The first-order valence-corrected chi connectivity index (χ1v) is 7.42. The fourth-order valence-corrected chi connectivity index (χ4v) is 2.31. The molecule has 0 amide bonds. The van der Waals surface area contributed by atoms with Crippen molar-refractivity contribution >= 4 is 5.82 Å². The Hall–Kier alpha value is -1.16. The highest BCUT2D eigenvalue weighted by molar-refractivity contribution is 5.36. The second kappa shape index (κ2) is 6.85. The van der Waals surface area contributed by atoms with E-state index in [0.29, 0.717) is 5.92 Å². The third-order valence-electron chi connectivity index (χ3n) is 3.19. The zero-order valence-electron chi connectivity index (χ0n) is 12.3. The zero-order valence-corrected chi connectivity index (χ0v) is 12.3. The van der Waals surface area contributed by atoms with Crippen molar-refractivity contribution in [2.75, 3.05) is 18.5 Å². The lowest BCUT2D eigenvalue weighted by molar-refractivity contribution is 0.105. The van der Waals surface area contributed by atoms with E-state index in [1.807, 2.05) is 0 Å². The van der Waals surface area contributed by atoms with Crippen molar-refractivity contribution in [3.63, 3.8) is 0 Å². The summed E-state index contributed by atoms with van der Waals surface area (Å²) in [6, 6.07) is 2.08. The molecule has 2 rings (SSSR count). The summed E-state index contributed by atoms with van der Waals surface area (Å²) >= 11 is 0. The van der Waals surface area contributed by atoms with Crippen LogP contribution in [0.5, 0.6) is 0 Å². The standard InChI is InChI=1S/C15H25N3O/c1-4-7-16-14-10-12(9-11(2)3)17-15(18-14)13-6-5-8-19-13/h10-11,13H,4-9H2,1-3H3,(H,16,17,18). The highest BCUT2D eigenvalue weighted by Gasteiger charge is 2.21. The van der Waals surface area contributed by atoms with Gasteiger partial charge in [0, 0.05) is 24.9 Å². The number of hydrogen-bond acceptors (Lipinski definition) is 4. The predicted octanol–water partition coefficient (Wildman–Crippen LogP) is 3.35. The molecule has 2 heterocycles. The SMILES string of the molecule is CCCNc1cc(CC(C)C)nc(C2CCCO2)n1. The predicted molar refractivity (Wildman–Crippen MR) is 77.3 cm³/mol. The minimum Gasteiger partial charge on any atom is -0.370 e. The molecule has 1 unspecified atom stereocenters. The molecule has 0 radical (unpaired) electrons. The fourth-order valence-electron chi connectivity index (χ4n) is 2.31. The molecule has 1 aromatic heterocycles.